The van der Waals surface area contributed by atoms with Gasteiger partial charge in [0.05, 0.1) is 12.0 Å². The van der Waals surface area contributed by atoms with Crippen LogP contribution in [0.2, 0.25) is 0 Å². The van der Waals surface area contributed by atoms with E-state index in [-0.39, 0.29) is 13.0 Å². The van der Waals surface area contributed by atoms with Gasteiger partial charge in [0.15, 0.2) is 0 Å². The first-order valence-electron chi connectivity index (χ1n) is 9.35. The van der Waals surface area contributed by atoms with Crippen molar-refractivity contribution in [3.63, 3.8) is 0 Å². The van der Waals surface area contributed by atoms with Crippen molar-refractivity contribution in [1.82, 2.24) is 0 Å². The summed E-state index contributed by atoms with van der Waals surface area (Å²) in [5.41, 5.74) is 0.604. The first kappa shape index (κ1) is 22.0. The highest BCUT2D eigenvalue weighted by molar-refractivity contribution is 5.70. The van der Waals surface area contributed by atoms with E-state index in [1.807, 2.05) is 0 Å². The standard InChI is InChI=1S/C24H19F3O4/c25-24(26,27)19-8-6-17(7-9-19)4-2-14-30-20-10-12-21(13-11-20)31-22-5-1-3-18(15-22)16-23(28)29/h1-13,15H,14,16H2,(H,28,29)/b4-2+. The lowest BCUT2D eigenvalue weighted by atomic mass is 10.1. The van der Waals surface area contributed by atoms with Gasteiger partial charge in [0.1, 0.15) is 23.9 Å². The number of rotatable bonds is 8. The zero-order valence-electron chi connectivity index (χ0n) is 16.3. The lowest BCUT2D eigenvalue weighted by Gasteiger charge is -2.08. The van der Waals surface area contributed by atoms with Crippen LogP contribution in [0.5, 0.6) is 17.2 Å². The van der Waals surface area contributed by atoms with Crippen molar-refractivity contribution in [3.05, 3.63) is 95.6 Å². The summed E-state index contributed by atoms with van der Waals surface area (Å²) in [6, 6.07) is 18.6. The molecule has 160 valence electrons. The Bertz CT molecular complexity index is 1040. The van der Waals surface area contributed by atoms with E-state index in [9.17, 15) is 18.0 Å². The van der Waals surface area contributed by atoms with Crippen LogP contribution < -0.4 is 9.47 Å². The number of halogens is 3. The van der Waals surface area contributed by atoms with Gasteiger partial charge < -0.3 is 14.6 Å². The molecule has 0 aliphatic rings. The third-order valence-corrected chi connectivity index (χ3v) is 4.21. The van der Waals surface area contributed by atoms with Crippen LogP contribution in [-0.2, 0) is 17.4 Å². The zero-order valence-corrected chi connectivity index (χ0v) is 16.3. The Hall–Kier alpha value is -3.74. The topological polar surface area (TPSA) is 55.8 Å². The first-order chi connectivity index (χ1) is 14.8. The summed E-state index contributed by atoms with van der Waals surface area (Å²) in [5.74, 6) is 0.794. The van der Waals surface area contributed by atoms with E-state index in [4.69, 9.17) is 14.6 Å². The van der Waals surface area contributed by atoms with Gasteiger partial charge in [-0.3, -0.25) is 4.79 Å². The molecule has 0 saturated carbocycles. The number of carbonyl (C=O) groups is 1. The molecule has 0 fully saturated rings. The molecular formula is C24H19F3O4. The molecule has 0 spiro atoms. The van der Waals surface area contributed by atoms with E-state index in [1.54, 1.807) is 60.7 Å². The average Bonchev–Trinajstić information content (AvgIpc) is 2.72. The molecule has 0 atom stereocenters. The lowest BCUT2D eigenvalue weighted by Crippen LogP contribution is -2.03. The molecule has 0 bridgehead atoms. The molecule has 4 nitrogen and oxygen atoms in total. The number of carboxylic acid groups (broad SMARTS) is 1. The molecule has 0 aliphatic carbocycles. The van der Waals surface area contributed by atoms with E-state index in [2.05, 4.69) is 0 Å². The van der Waals surface area contributed by atoms with Crippen molar-refractivity contribution in [3.8, 4) is 17.2 Å². The maximum atomic E-state index is 12.6. The highest BCUT2D eigenvalue weighted by atomic mass is 19.4. The minimum Gasteiger partial charge on any atom is -0.490 e. The molecular weight excluding hydrogens is 409 g/mol. The second-order valence-corrected chi connectivity index (χ2v) is 6.62. The molecule has 0 amide bonds. The second-order valence-electron chi connectivity index (χ2n) is 6.62. The summed E-state index contributed by atoms with van der Waals surface area (Å²) in [6.45, 7) is 0.248. The van der Waals surface area contributed by atoms with Crippen LogP contribution >= 0.6 is 0 Å². The third kappa shape index (κ3) is 6.92. The average molecular weight is 428 g/mol. The summed E-state index contributed by atoms with van der Waals surface area (Å²) in [4.78, 5) is 10.8. The minimum atomic E-state index is -4.34. The maximum Gasteiger partial charge on any atom is 0.416 e. The van der Waals surface area contributed by atoms with Crippen LogP contribution in [-0.4, -0.2) is 17.7 Å². The summed E-state index contributed by atoms with van der Waals surface area (Å²) < 4.78 is 49.0. The molecule has 1 N–H and O–H groups in total. The van der Waals surface area contributed by atoms with E-state index < -0.39 is 17.7 Å². The molecule has 3 rings (SSSR count). The number of aliphatic carboxylic acids is 1. The van der Waals surface area contributed by atoms with Crippen LogP contribution in [0.15, 0.2) is 78.9 Å². The molecule has 31 heavy (non-hydrogen) atoms. The predicted molar refractivity (Wildman–Crippen MR) is 110 cm³/mol. The van der Waals surface area contributed by atoms with Crippen LogP contribution in [0.4, 0.5) is 13.2 Å². The van der Waals surface area contributed by atoms with Gasteiger partial charge in [0, 0.05) is 0 Å². The number of carboxylic acids is 1. The summed E-state index contributed by atoms with van der Waals surface area (Å²) in [7, 11) is 0. The predicted octanol–water partition coefficient (Wildman–Crippen LogP) is 6.22. The molecule has 0 aromatic heterocycles. The molecule has 0 unspecified atom stereocenters. The summed E-state index contributed by atoms with van der Waals surface area (Å²) in [5, 5.41) is 8.87. The highest BCUT2D eigenvalue weighted by Crippen LogP contribution is 2.29. The SMILES string of the molecule is O=C(O)Cc1cccc(Oc2ccc(OC/C=C/c3ccc(C(F)(F)F)cc3)cc2)c1. The van der Waals surface area contributed by atoms with Crippen molar-refractivity contribution < 1.29 is 32.5 Å². The normalized spacial score (nSPS) is 11.5. The second kappa shape index (κ2) is 9.84. The molecule has 3 aromatic rings. The van der Waals surface area contributed by atoms with E-state index in [0.29, 0.717) is 28.4 Å². The summed E-state index contributed by atoms with van der Waals surface area (Å²) >= 11 is 0. The van der Waals surface area contributed by atoms with Gasteiger partial charge in [-0.05, 0) is 65.7 Å². The van der Waals surface area contributed by atoms with Gasteiger partial charge in [-0.1, -0.05) is 30.3 Å². The Balaban J connectivity index is 1.50. The van der Waals surface area contributed by atoms with Crippen molar-refractivity contribution in [2.75, 3.05) is 6.61 Å². The molecule has 0 radical (unpaired) electrons. The monoisotopic (exact) mass is 428 g/mol. The van der Waals surface area contributed by atoms with Gasteiger partial charge in [-0.15, -0.1) is 0 Å². The zero-order chi connectivity index (χ0) is 22.3. The van der Waals surface area contributed by atoms with Crippen LogP contribution in [0.3, 0.4) is 0 Å². The van der Waals surface area contributed by atoms with Crippen LogP contribution in [0, 0.1) is 0 Å². The quantitative estimate of drug-likeness (QED) is 0.463. The molecule has 0 aliphatic heterocycles. The van der Waals surface area contributed by atoms with Gasteiger partial charge in [-0.2, -0.15) is 13.2 Å². The van der Waals surface area contributed by atoms with Crippen molar-refractivity contribution in [2.45, 2.75) is 12.6 Å². The Kier molecular flexibility index (Phi) is 6.97. The van der Waals surface area contributed by atoms with Gasteiger partial charge in [0.25, 0.3) is 0 Å². The maximum absolute atomic E-state index is 12.6. The Morgan fingerprint density at radius 1 is 0.903 bits per heavy atom. The van der Waals surface area contributed by atoms with E-state index in [0.717, 1.165) is 12.1 Å². The Morgan fingerprint density at radius 2 is 1.58 bits per heavy atom. The number of alkyl halides is 3. The number of hydrogen-bond acceptors (Lipinski definition) is 3. The van der Waals surface area contributed by atoms with Gasteiger partial charge >= 0.3 is 12.1 Å². The largest absolute Gasteiger partial charge is 0.490 e. The Labute approximate surface area is 177 Å². The van der Waals surface area contributed by atoms with Crippen LogP contribution in [0.1, 0.15) is 16.7 Å². The molecule has 3 aromatic carbocycles. The fourth-order valence-corrected chi connectivity index (χ4v) is 2.75. The third-order valence-electron chi connectivity index (χ3n) is 4.21. The molecule has 7 heteroatoms. The lowest BCUT2D eigenvalue weighted by molar-refractivity contribution is -0.138. The minimum absolute atomic E-state index is 0.0794. The van der Waals surface area contributed by atoms with E-state index in [1.165, 1.54) is 12.1 Å². The van der Waals surface area contributed by atoms with Gasteiger partial charge in [-0.25, -0.2) is 0 Å². The Morgan fingerprint density at radius 3 is 2.23 bits per heavy atom. The highest BCUT2D eigenvalue weighted by Gasteiger charge is 2.29. The summed E-state index contributed by atoms with van der Waals surface area (Å²) in [6.07, 6.45) is -1.03. The smallest absolute Gasteiger partial charge is 0.416 e. The number of ether oxygens (including phenoxy) is 2. The van der Waals surface area contributed by atoms with E-state index >= 15 is 0 Å². The van der Waals surface area contributed by atoms with Crippen molar-refractivity contribution >= 4 is 12.0 Å². The molecule has 0 saturated heterocycles. The van der Waals surface area contributed by atoms with Crippen molar-refractivity contribution in [2.24, 2.45) is 0 Å². The number of benzene rings is 3. The number of hydrogen-bond donors (Lipinski definition) is 1. The first-order valence-corrected chi connectivity index (χ1v) is 9.35. The van der Waals surface area contributed by atoms with Gasteiger partial charge in [0.2, 0.25) is 0 Å². The van der Waals surface area contributed by atoms with Crippen molar-refractivity contribution in [1.29, 1.82) is 0 Å². The molecule has 0 heterocycles. The van der Waals surface area contributed by atoms with Crippen LogP contribution in [0.25, 0.3) is 6.08 Å². The fraction of sp³-hybridized carbons (Fsp3) is 0.125. The fourth-order valence-electron chi connectivity index (χ4n) is 2.75.